The maximum Gasteiger partial charge on any atom is 0.573 e. The number of ether oxygens (including phenoxy) is 1. The van der Waals surface area contributed by atoms with Crippen LogP contribution in [-0.2, 0) is 24.6 Å². The Labute approximate surface area is 310 Å². The van der Waals surface area contributed by atoms with Crippen molar-refractivity contribution < 1.29 is 47.1 Å². The average Bonchev–Trinajstić information content (AvgIpc) is 3.54. The third-order valence-corrected chi connectivity index (χ3v) is 11.3. The van der Waals surface area contributed by atoms with Crippen molar-refractivity contribution in [3.63, 3.8) is 0 Å². The standard InChI is InChI=1S/C40H31F3N4O8/c1-21-7-9-23(10-8-21)44-46-36(50)31-20-29-27(16-17-28-33(29)37(51)45(35(28)49)24-11-13-25(14-12-24)47(53)54)34(39(31,38(46)52)22-5-3-2-4-6-22)30-19-26(15-18-32(30)48)55-40(41,42)43/h2-16,18-19,28-29,31,33-34,44,48H,17,20H2,1H3/t28-,29+,31-,33-,34+,39+/m0/s1. The highest BCUT2D eigenvalue weighted by atomic mass is 19.4. The molecule has 4 amide bonds. The van der Waals surface area contributed by atoms with Crippen LogP contribution in [0.1, 0.15) is 35.4 Å². The first-order valence-corrected chi connectivity index (χ1v) is 17.4. The van der Waals surface area contributed by atoms with Gasteiger partial charge in [-0.25, -0.2) is 0 Å². The highest BCUT2D eigenvalue weighted by Gasteiger charge is 2.70. The topological polar surface area (TPSA) is 159 Å². The molecule has 2 N–H and O–H groups in total. The maximum atomic E-state index is 15.2. The summed E-state index contributed by atoms with van der Waals surface area (Å²) < 4.78 is 45.0. The van der Waals surface area contributed by atoms with Crippen molar-refractivity contribution in [1.82, 2.24) is 5.01 Å². The van der Waals surface area contributed by atoms with Gasteiger partial charge in [-0.15, -0.1) is 13.2 Å². The number of alkyl halides is 3. The van der Waals surface area contributed by atoms with Crippen molar-refractivity contribution in [2.45, 2.75) is 37.5 Å². The van der Waals surface area contributed by atoms with Gasteiger partial charge in [-0.05, 0) is 73.7 Å². The number of phenols is 1. The molecule has 0 spiro atoms. The van der Waals surface area contributed by atoms with Crippen LogP contribution < -0.4 is 15.1 Å². The quantitative estimate of drug-likeness (QED) is 0.0907. The van der Waals surface area contributed by atoms with Crippen molar-refractivity contribution in [2.75, 3.05) is 10.3 Å². The number of phenolic OH excluding ortho intramolecular Hbond substituents is 1. The van der Waals surface area contributed by atoms with Crippen molar-refractivity contribution in [3.8, 4) is 11.5 Å². The molecule has 55 heavy (non-hydrogen) atoms. The number of nitrogens with one attached hydrogen (secondary N) is 1. The summed E-state index contributed by atoms with van der Waals surface area (Å²) in [6.07, 6.45) is -3.54. The number of nitro groups is 1. The Hall–Kier alpha value is -6.51. The van der Waals surface area contributed by atoms with E-state index in [2.05, 4.69) is 10.2 Å². The monoisotopic (exact) mass is 752 g/mol. The van der Waals surface area contributed by atoms with Gasteiger partial charge in [-0.2, -0.15) is 5.01 Å². The van der Waals surface area contributed by atoms with Crippen molar-refractivity contribution >= 4 is 40.7 Å². The zero-order chi connectivity index (χ0) is 39.0. The fourth-order valence-corrected chi connectivity index (χ4v) is 9.03. The van der Waals surface area contributed by atoms with Gasteiger partial charge in [0.1, 0.15) is 11.5 Å². The number of rotatable bonds is 7. The number of benzene rings is 4. The molecular weight excluding hydrogens is 721 g/mol. The first kappa shape index (κ1) is 35.5. The SMILES string of the molecule is Cc1ccc(NN2C(=O)[C@@H]3C[C@@H]4C(=CC[C@@H]5C(=O)N(c6ccc([N+](=O)[O-])cc6)C(=O)[C@@H]54)[C@H](c4cc(OC(F)(F)F)ccc4O)[C@]3(c3ccccc3)C2=O)cc1. The largest absolute Gasteiger partial charge is 0.573 e. The summed E-state index contributed by atoms with van der Waals surface area (Å²) in [5.74, 6) is -9.21. The third-order valence-electron chi connectivity index (χ3n) is 11.3. The van der Waals surface area contributed by atoms with E-state index in [9.17, 15) is 42.8 Å². The molecule has 280 valence electrons. The molecule has 4 aliphatic rings. The molecule has 4 aromatic carbocycles. The number of nitro benzene ring substituents is 1. The van der Waals surface area contributed by atoms with Crippen molar-refractivity contribution in [2.24, 2.45) is 23.7 Å². The lowest BCUT2D eigenvalue weighted by molar-refractivity contribution is -0.384. The minimum Gasteiger partial charge on any atom is -0.508 e. The molecule has 2 aliphatic carbocycles. The zero-order valence-electron chi connectivity index (χ0n) is 28.9. The van der Waals surface area contributed by atoms with Gasteiger partial charge in [0.2, 0.25) is 11.8 Å². The number of non-ortho nitro benzene ring substituents is 1. The number of aryl methyl sites for hydroxylation is 1. The predicted molar refractivity (Wildman–Crippen MR) is 189 cm³/mol. The minimum atomic E-state index is -5.10. The molecule has 0 radical (unpaired) electrons. The molecule has 2 heterocycles. The van der Waals surface area contributed by atoms with E-state index >= 15 is 4.79 Å². The molecule has 0 aromatic heterocycles. The van der Waals surface area contributed by atoms with Crippen LogP contribution in [0.15, 0.2) is 109 Å². The number of imide groups is 2. The fourth-order valence-electron chi connectivity index (χ4n) is 9.03. The van der Waals surface area contributed by atoms with Crippen LogP contribution in [0.2, 0.25) is 0 Å². The summed E-state index contributed by atoms with van der Waals surface area (Å²) in [6, 6.07) is 23.1. The minimum absolute atomic E-state index is 0.0104. The van der Waals surface area contributed by atoms with E-state index in [-0.39, 0.29) is 29.8 Å². The molecule has 2 aliphatic heterocycles. The number of nitrogens with zero attached hydrogens (tertiary/aromatic N) is 3. The Bertz CT molecular complexity index is 2300. The lowest BCUT2D eigenvalue weighted by atomic mass is 9.49. The number of halogens is 3. The van der Waals surface area contributed by atoms with Crippen LogP contribution in [0.25, 0.3) is 0 Å². The number of aromatic hydroxyl groups is 1. The number of hydrogen-bond acceptors (Lipinski definition) is 9. The molecule has 0 bridgehead atoms. The summed E-state index contributed by atoms with van der Waals surface area (Å²) in [4.78, 5) is 70.1. The van der Waals surface area contributed by atoms with E-state index < -0.39 is 81.4 Å². The summed E-state index contributed by atoms with van der Waals surface area (Å²) in [6.45, 7) is 1.86. The molecule has 1 saturated carbocycles. The Kier molecular flexibility index (Phi) is 8.28. The lowest BCUT2D eigenvalue weighted by Gasteiger charge is -2.50. The van der Waals surface area contributed by atoms with Crippen LogP contribution >= 0.6 is 0 Å². The van der Waals surface area contributed by atoms with Crippen LogP contribution in [0, 0.1) is 40.7 Å². The number of hydrogen-bond donors (Lipinski definition) is 2. The van der Waals surface area contributed by atoms with Crippen LogP contribution in [0.3, 0.4) is 0 Å². The Morgan fingerprint density at radius 3 is 2.24 bits per heavy atom. The number of fused-ring (bicyclic) bond motifs is 4. The predicted octanol–water partition coefficient (Wildman–Crippen LogP) is 6.70. The number of allylic oxidation sites excluding steroid dienone is 2. The highest BCUT2D eigenvalue weighted by Crippen LogP contribution is 2.65. The second kappa shape index (κ2) is 12.8. The Balaban J connectivity index is 1.32. The molecule has 8 rings (SSSR count). The summed E-state index contributed by atoms with van der Waals surface area (Å²) in [5, 5.41) is 23.7. The first-order valence-electron chi connectivity index (χ1n) is 17.4. The third kappa shape index (κ3) is 5.60. The normalized spacial score (nSPS) is 26.0. The summed E-state index contributed by atoms with van der Waals surface area (Å²) >= 11 is 0. The van der Waals surface area contributed by atoms with Crippen LogP contribution in [0.5, 0.6) is 11.5 Å². The van der Waals surface area contributed by atoms with Gasteiger partial charge in [-0.1, -0.05) is 59.7 Å². The van der Waals surface area contributed by atoms with Gasteiger partial charge in [0.25, 0.3) is 17.5 Å². The van der Waals surface area contributed by atoms with Gasteiger partial charge in [-0.3, -0.25) is 39.6 Å². The maximum absolute atomic E-state index is 15.2. The number of anilines is 2. The zero-order valence-corrected chi connectivity index (χ0v) is 28.9. The van der Waals surface area contributed by atoms with E-state index in [0.717, 1.165) is 33.7 Å². The lowest BCUT2D eigenvalue weighted by Crippen LogP contribution is -2.53. The van der Waals surface area contributed by atoms with Crippen LogP contribution in [-0.4, -0.2) is 45.0 Å². The van der Waals surface area contributed by atoms with Gasteiger partial charge in [0, 0.05) is 23.6 Å². The number of carbonyl (C=O) groups excluding carboxylic acids is 4. The molecule has 12 nitrogen and oxygen atoms in total. The highest BCUT2D eigenvalue weighted by molar-refractivity contribution is 6.22. The van der Waals surface area contributed by atoms with E-state index in [0.29, 0.717) is 16.8 Å². The second-order valence-electron chi connectivity index (χ2n) is 14.1. The first-order chi connectivity index (χ1) is 26.2. The molecule has 2 saturated heterocycles. The number of carbonyl (C=O) groups is 4. The van der Waals surface area contributed by atoms with E-state index in [4.69, 9.17) is 0 Å². The van der Waals surface area contributed by atoms with E-state index in [1.807, 2.05) is 6.92 Å². The fraction of sp³-hybridized carbons (Fsp3) is 0.250. The van der Waals surface area contributed by atoms with Gasteiger partial charge >= 0.3 is 6.36 Å². The molecule has 6 atom stereocenters. The summed E-state index contributed by atoms with van der Waals surface area (Å²) in [7, 11) is 0. The van der Waals surface area contributed by atoms with Crippen molar-refractivity contribution in [3.05, 3.63) is 136 Å². The number of amides is 4. The second-order valence-corrected chi connectivity index (χ2v) is 14.1. The van der Waals surface area contributed by atoms with E-state index in [1.165, 1.54) is 24.3 Å². The average molecular weight is 753 g/mol. The smallest absolute Gasteiger partial charge is 0.508 e. The molecule has 3 fully saturated rings. The number of hydrazine groups is 1. The van der Waals surface area contributed by atoms with Gasteiger partial charge < -0.3 is 9.84 Å². The van der Waals surface area contributed by atoms with Crippen molar-refractivity contribution in [1.29, 1.82) is 0 Å². The van der Waals surface area contributed by atoms with Crippen LogP contribution in [0.4, 0.5) is 30.2 Å². The molecule has 15 heteroatoms. The Morgan fingerprint density at radius 2 is 1.58 bits per heavy atom. The Morgan fingerprint density at radius 1 is 0.891 bits per heavy atom. The summed E-state index contributed by atoms with van der Waals surface area (Å²) in [5.41, 5.74) is 2.85. The van der Waals surface area contributed by atoms with Gasteiger partial charge in [0.15, 0.2) is 0 Å². The molecule has 4 aromatic rings. The van der Waals surface area contributed by atoms with E-state index in [1.54, 1.807) is 60.7 Å². The van der Waals surface area contributed by atoms with Gasteiger partial charge in [0.05, 0.1) is 39.5 Å². The molecular formula is C40H31F3N4O8. The molecule has 0 unspecified atom stereocenters.